The minimum absolute atomic E-state index is 0. The van der Waals surface area contributed by atoms with Gasteiger partial charge in [0.05, 0.1) is 11.0 Å². The fourth-order valence-corrected chi connectivity index (χ4v) is 4.44. The van der Waals surface area contributed by atoms with Crippen LogP contribution in [0.3, 0.4) is 0 Å². The zero-order chi connectivity index (χ0) is 21.1. The molecule has 0 saturated carbocycles. The Kier molecular flexibility index (Phi) is 9.64. The van der Waals surface area contributed by atoms with E-state index in [2.05, 4.69) is 29.3 Å². The lowest BCUT2D eigenvalue weighted by Crippen LogP contribution is -2.37. The van der Waals surface area contributed by atoms with Gasteiger partial charge >= 0.3 is 5.69 Å². The molecule has 1 saturated heterocycles. The average Bonchev–Trinajstić information content (AvgIpc) is 3.31. The monoisotopic (exact) mass is 480 g/mol. The van der Waals surface area contributed by atoms with Crippen molar-refractivity contribution in [1.29, 1.82) is 0 Å². The number of benzene rings is 2. The van der Waals surface area contributed by atoms with Gasteiger partial charge in [-0.15, -0.1) is 24.8 Å². The maximum absolute atomic E-state index is 12.1. The van der Waals surface area contributed by atoms with Crippen LogP contribution in [0.1, 0.15) is 30.9 Å². The summed E-state index contributed by atoms with van der Waals surface area (Å²) >= 11 is 0. The Balaban J connectivity index is 0.00000181. The molecule has 0 aliphatic carbocycles. The fourth-order valence-electron chi connectivity index (χ4n) is 4.44. The Morgan fingerprint density at radius 3 is 2.41 bits per heavy atom. The predicted molar refractivity (Wildman–Crippen MR) is 135 cm³/mol. The molecule has 0 bridgehead atoms. The highest BCUT2D eigenvalue weighted by molar-refractivity contribution is 5.85. The van der Waals surface area contributed by atoms with E-state index in [0.717, 1.165) is 42.0 Å². The van der Waals surface area contributed by atoms with Gasteiger partial charge in [-0.2, -0.15) is 0 Å². The number of hydrogen-bond acceptors (Lipinski definition) is 4. The Bertz CT molecular complexity index is 1060. The van der Waals surface area contributed by atoms with Gasteiger partial charge in [-0.3, -0.25) is 14.0 Å². The molecule has 2 aromatic carbocycles. The van der Waals surface area contributed by atoms with Crippen molar-refractivity contribution in [1.82, 2.24) is 19.4 Å². The summed E-state index contributed by atoms with van der Waals surface area (Å²) in [6.45, 7) is 7.04. The first-order chi connectivity index (χ1) is 14.6. The maximum atomic E-state index is 12.1. The van der Waals surface area contributed by atoms with E-state index in [4.69, 9.17) is 4.74 Å². The zero-order valence-electron chi connectivity index (χ0n) is 19.0. The van der Waals surface area contributed by atoms with Gasteiger partial charge in [0.2, 0.25) is 0 Å². The van der Waals surface area contributed by atoms with Gasteiger partial charge in [0.15, 0.2) is 0 Å². The first kappa shape index (κ1) is 26.3. The molecule has 1 aromatic heterocycles. The van der Waals surface area contributed by atoms with Gasteiger partial charge in [-0.25, -0.2) is 4.79 Å². The van der Waals surface area contributed by atoms with Crippen LogP contribution in [0.25, 0.3) is 11.0 Å². The maximum Gasteiger partial charge on any atom is 0.328 e. The number of ether oxygens (including phenoxy) is 1. The smallest absolute Gasteiger partial charge is 0.328 e. The van der Waals surface area contributed by atoms with Crippen molar-refractivity contribution in [2.75, 3.05) is 19.6 Å². The molecule has 1 aliphatic heterocycles. The molecule has 1 N–H and O–H groups in total. The minimum atomic E-state index is -0.0115. The third-order valence-corrected chi connectivity index (χ3v) is 6.28. The number of rotatable bonds is 8. The molecule has 0 spiro atoms. The van der Waals surface area contributed by atoms with Crippen LogP contribution in [-0.4, -0.2) is 39.7 Å². The van der Waals surface area contributed by atoms with E-state index in [1.807, 2.05) is 30.3 Å². The van der Waals surface area contributed by atoms with Crippen LogP contribution in [0.4, 0.5) is 0 Å². The summed E-state index contributed by atoms with van der Waals surface area (Å²) in [7, 11) is 3.60. The molecule has 1 atom stereocenters. The molecule has 0 radical (unpaired) electrons. The van der Waals surface area contributed by atoms with E-state index in [1.165, 1.54) is 24.9 Å². The summed E-state index contributed by atoms with van der Waals surface area (Å²) in [5.41, 5.74) is 4.16. The van der Waals surface area contributed by atoms with E-state index < -0.39 is 0 Å². The molecule has 1 aliphatic rings. The SMILES string of the molecule is CCN1CCCC1CNCc1ccc(OCc2ccc3c(c2)n(C)c(=O)n3C)cc1.Cl.Cl. The largest absolute Gasteiger partial charge is 0.489 e. The number of halogens is 2. The lowest BCUT2D eigenvalue weighted by molar-refractivity contribution is 0.260. The number of fused-ring (bicyclic) bond motifs is 1. The van der Waals surface area contributed by atoms with Gasteiger partial charge in [-0.1, -0.05) is 25.1 Å². The second kappa shape index (κ2) is 11.8. The van der Waals surface area contributed by atoms with Gasteiger partial charge in [0.1, 0.15) is 12.4 Å². The molecule has 32 heavy (non-hydrogen) atoms. The molecular formula is C24H34Cl2N4O2. The Morgan fingerprint density at radius 2 is 1.69 bits per heavy atom. The summed E-state index contributed by atoms with van der Waals surface area (Å²) < 4.78 is 9.30. The average molecular weight is 481 g/mol. The number of nitrogens with zero attached hydrogens (tertiary/aromatic N) is 3. The van der Waals surface area contributed by atoms with Crippen molar-refractivity contribution in [3.05, 3.63) is 64.1 Å². The minimum Gasteiger partial charge on any atom is -0.489 e. The van der Waals surface area contributed by atoms with E-state index in [0.29, 0.717) is 12.6 Å². The highest BCUT2D eigenvalue weighted by Gasteiger charge is 2.22. The van der Waals surface area contributed by atoms with E-state index >= 15 is 0 Å². The number of likely N-dealkylation sites (N-methyl/N-ethyl adjacent to an activating group) is 1. The normalized spacial score (nSPS) is 16.0. The Hall–Kier alpha value is -1.99. The third-order valence-electron chi connectivity index (χ3n) is 6.28. The second-order valence-electron chi connectivity index (χ2n) is 8.21. The summed E-state index contributed by atoms with van der Waals surface area (Å²) in [4.78, 5) is 14.6. The van der Waals surface area contributed by atoms with E-state index in [-0.39, 0.29) is 30.5 Å². The van der Waals surface area contributed by atoms with Gasteiger partial charge in [0, 0.05) is 33.2 Å². The molecule has 6 nitrogen and oxygen atoms in total. The second-order valence-corrected chi connectivity index (χ2v) is 8.21. The number of nitrogens with one attached hydrogen (secondary N) is 1. The molecule has 2 heterocycles. The topological polar surface area (TPSA) is 51.4 Å². The van der Waals surface area contributed by atoms with Crippen molar-refractivity contribution in [3.8, 4) is 5.75 Å². The lowest BCUT2D eigenvalue weighted by atomic mass is 10.2. The van der Waals surface area contributed by atoms with E-state index in [1.54, 1.807) is 23.2 Å². The number of aryl methyl sites for hydroxylation is 2. The summed E-state index contributed by atoms with van der Waals surface area (Å²) in [5, 5.41) is 3.60. The van der Waals surface area contributed by atoms with Crippen LogP contribution in [0, 0.1) is 0 Å². The highest BCUT2D eigenvalue weighted by Crippen LogP contribution is 2.18. The lowest BCUT2D eigenvalue weighted by Gasteiger charge is -2.23. The van der Waals surface area contributed by atoms with Gasteiger partial charge < -0.3 is 10.1 Å². The quantitative estimate of drug-likeness (QED) is 0.531. The zero-order valence-corrected chi connectivity index (χ0v) is 20.7. The Labute approximate surface area is 202 Å². The van der Waals surface area contributed by atoms with Crippen molar-refractivity contribution in [2.24, 2.45) is 14.1 Å². The third kappa shape index (κ3) is 5.67. The molecular weight excluding hydrogens is 447 g/mol. The fraction of sp³-hybridized carbons (Fsp3) is 0.458. The first-order valence-corrected chi connectivity index (χ1v) is 10.9. The van der Waals surface area contributed by atoms with Crippen LogP contribution in [0.2, 0.25) is 0 Å². The molecule has 176 valence electrons. The number of hydrogen-bond donors (Lipinski definition) is 1. The van der Waals surface area contributed by atoms with E-state index in [9.17, 15) is 4.79 Å². The van der Waals surface area contributed by atoms with Crippen LogP contribution in [0.5, 0.6) is 5.75 Å². The van der Waals surface area contributed by atoms with Crippen molar-refractivity contribution >= 4 is 35.8 Å². The van der Waals surface area contributed by atoms with Crippen LogP contribution in [0.15, 0.2) is 47.3 Å². The summed E-state index contributed by atoms with van der Waals surface area (Å²) in [6.07, 6.45) is 2.62. The number of likely N-dealkylation sites (tertiary alicyclic amines) is 1. The summed E-state index contributed by atoms with van der Waals surface area (Å²) in [6, 6.07) is 15.0. The van der Waals surface area contributed by atoms with Crippen LogP contribution in [-0.2, 0) is 27.2 Å². The van der Waals surface area contributed by atoms with Gasteiger partial charge in [-0.05, 0) is 61.3 Å². The first-order valence-electron chi connectivity index (χ1n) is 10.9. The molecule has 1 unspecified atom stereocenters. The predicted octanol–water partition coefficient (Wildman–Crippen LogP) is 3.87. The standard InChI is InChI=1S/C24H32N4O2.2ClH/c1-4-28-13-5-6-20(28)16-25-15-18-7-10-21(11-8-18)30-17-19-9-12-22-23(14-19)27(3)24(29)26(22)2;;/h7-12,14,20,25H,4-6,13,15-17H2,1-3H3;2*1H. The van der Waals surface area contributed by atoms with Crippen LogP contribution < -0.4 is 15.7 Å². The van der Waals surface area contributed by atoms with Crippen molar-refractivity contribution in [2.45, 2.75) is 39.0 Å². The highest BCUT2D eigenvalue weighted by atomic mass is 35.5. The molecule has 1 fully saturated rings. The number of imidazole rings is 1. The Morgan fingerprint density at radius 1 is 1.00 bits per heavy atom. The van der Waals surface area contributed by atoms with Gasteiger partial charge in [0.25, 0.3) is 0 Å². The summed E-state index contributed by atoms with van der Waals surface area (Å²) in [5.74, 6) is 0.855. The van der Waals surface area contributed by atoms with Crippen molar-refractivity contribution < 1.29 is 4.74 Å². The van der Waals surface area contributed by atoms with Crippen LogP contribution >= 0.6 is 24.8 Å². The molecule has 4 rings (SSSR count). The molecule has 0 amide bonds. The molecule has 8 heteroatoms. The van der Waals surface area contributed by atoms with Crippen molar-refractivity contribution in [3.63, 3.8) is 0 Å². The number of aromatic nitrogens is 2. The molecule has 3 aromatic rings.